The van der Waals surface area contributed by atoms with Gasteiger partial charge in [0.1, 0.15) is 5.82 Å². The third-order valence-corrected chi connectivity index (χ3v) is 7.49. The van der Waals surface area contributed by atoms with Gasteiger partial charge in [-0.25, -0.2) is 12.8 Å². The van der Waals surface area contributed by atoms with Crippen molar-refractivity contribution in [3.63, 3.8) is 0 Å². The highest BCUT2D eigenvalue weighted by Crippen LogP contribution is 2.36. The van der Waals surface area contributed by atoms with Gasteiger partial charge < -0.3 is 4.90 Å². The van der Waals surface area contributed by atoms with Crippen LogP contribution in [0.5, 0.6) is 0 Å². The lowest BCUT2D eigenvalue weighted by Gasteiger charge is -2.41. The van der Waals surface area contributed by atoms with Gasteiger partial charge in [-0.05, 0) is 61.1 Å². The van der Waals surface area contributed by atoms with Gasteiger partial charge in [-0.15, -0.1) is 0 Å². The Labute approximate surface area is 171 Å². The zero-order chi connectivity index (χ0) is 20.4. The number of carbonyl (C=O) groups is 1. The van der Waals surface area contributed by atoms with Crippen molar-refractivity contribution in [1.82, 2.24) is 4.90 Å². The highest BCUT2D eigenvalue weighted by molar-refractivity contribution is 7.92. The summed E-state index contributed by atoms with van der Waals surface area (Å²) in [4.78, 5) is 14.8. The average Bonchev–Trinajstić information content (AvgIpc) is 2.74. The Morgan fingerprint density at radius 1 is 0.966 bits per heavy atom. The number of hydrogen-bond acceptors (Lipinski definition) is 3. The number of nitrogens with one attached hydrogen (secondary N) is 1. The van der Waals surface area contributed by atoms with Crippen molar-refractivity contribution in [3.8, 4) is 0 Å². The molecule has 1 heterocycles. The van der Waals surface area contributed by atoms with E-state index in [0.717, 1.165) is 25.4 Å². The average molecular weight is 417 g/mol. The van der Waals surface area contributed by atoms with Crippen LogP contribution in [-0.4, -0.2) is 32.3 Å². The normalized spacial score (nSPS) is 22.0. The van der Waals surface area contributed by atoms with E-state index in [4.69, 9.17) is 0 Å². The molecule has 1 saturated heterocycles. The van der Waals surface area contributed by atoms with Crippen LogP contribution in [0.2, 0.25) is 0 Å². The van der Waals surface area contributed by atoms with Crippen molar-refractivity contribution in [2.24, 2.45) is 11.8 Å². The predicted octanol–water partition coefficient (Wildman–Crippen LogP) is 4.28. The summed E-state index contributed by atoms with van der Waals surface area (Å²) in [5.41, 5.74) is 0.368. The fraction of sp³-hybridized carbons (Fsp3) is 0.409. The molecule has 0 spiro atoms. The first-order chi connectivity index (χ1) is 13.9. The van der Waals surface area contributed by atoms with Gasteiger partial charge in [-0.2, -0.15) is 0 Å². The van der Waals surface area contributed by atoms with Crippen molar-refractivity contribution >= 4 is 21.6 Å². The Balaban J connectivity index is 1.46. The Hall–Kier alpha value is -2.41. The number of benzene rings is 2. The van der Waals surface area contributed by atoms with Crippen LogP contribution in [-0.2, 0) is 10.0 Å². The second kappa shape index (κ2) is 8.14. The number of hydrogen-bond donors (Lipinski definition) is 1. The second-order valence-electron chi connectivity index (χ2n) is 7.95. The first kappa shape index (κ1) is 19.9. The third-order valence-electron chi connectivity index (χ3n) is 6.11. The number of likely N-dealkylation sites (tertiary alicyclic amines) is 1. The van der Waals surface area contributed by atoms with E-state index in [2.05, 4.69) is 4.72 Å². The van der Waals surface area contributed by atoms with Crippen LogP contribution in [0, 0.1) is 17.7 Å². The van der Waals surface area contributed by atoms with Crippen molar-refractivity contribution in [2.45, 2.75) is 37.0 Å². The molecule has 0 radical (unpaired) electrons. The number of para-hydroxylation sites is 1. The zero-order valence-electron chi connectivity index (χ0n) is 16.2. The van der Waals surface area contributed by atoms with Crippen molar-refractivity contribution in [2.75, 3.05) is 17.8 Å². The van der Waals surface area contributed by atoms with Crippen LogP contribution in [0.4, 0.5) is 10.1 Å². The molecule has 0 aromatic heterocycles. The van der Waals surface area contributed by atoms with Crippen LogP contribution in [0.15, 0.2) is 53.4 Å². The lowest BCUT2D eigenvalue weighted by atomic mass is 9.75. The fourth-order valence-corrected chi connectivity index (χ4v) is 5.56. The monoisotopic (exact) mass is 416 g/mol. The van der Waals surface area contributed by atoms with Crippen LogP contribution >= 0.6 is 0 Å². The SMILES string of the molecule is O=C(c1ccc(S(=O)(=O)Nc2ccccc2F)cc1)N1CC[C@H]2CCCC[C@H]2C1. The van der Waals surface area contributed by atoms with E-state index >= 15 is 0 Å². The summed E-state index contributed by atoms with van der Waals surface area (Å²) in [5.74, 6) is 0.630. The molecule has 1 N–H and O–H groups in total. The lowest BCUT2D eigenvalue weighted by molar-refractivity contribution is 0.0521. The van der Waals surface area contributed by atoms with E-state index in [1.165, 1.54) is 68.1 Å². The molecule has 0 unspecified atom stereocenters. The highest BCUT2D eigenvalue weighted by atomic mass is 32.2. The van der Waals surface area contributed by atoms with E-state index in [0.29, 0.717) is 11.5 Å². The molecular formula is C22H25FN2O3S. The Kier molecular flexibility index (Phi) is 5.58. The predicted molar refractivity (Wildman–Crippen MR) is 110 cm³/mol. The van der Waals surface area contributed by atoms with Crippen molar-refractivity contribution in [1.29, 1.82) is 0 Å². The maximum absolute atomic E-state index is 13.8. The molecule has 2 atom stereocenters. The quantitative estimate of drug-likeness (QED) is 0.809. The van der Waals surface area contributed by atoms with Gasteiger partial charge in [0, 0.05) is 18.7 Å². The Morgan fingerprint density at radius 2 is 1.66 bits per heavy atom. The molecule has 2 aliphatic rings. The van der Waals surface area contributed by atoms with Gasteiger partial charge in [0.15, 0.2) is 0 Å². The van der Waals surface area contributed by atoms with E-state index in [1.807, 2.05) is 4.90 Å². The smallest absolute Gasteiger partial charge is 0.261 e. The molecular weight excluding hydrogens is 391 g/mol. The minimum atomic E-state index is -3.93. The largest absolute Gasteiger partial charge is 0.338 e. The summed E-state index contributed by atoms with van der Waals surface area (Å²) >= 11 is 0. The summed E-state index contributed by atoms with van der Waals surface area (Å²) in [5, 5.41) is 0. The van der Waals surface area contributed by atoms with Crippen molar-refractivity contribution in [3.05, 3.63) is 59.9 Å². The number of carbonyl (C=O) groups excluding carboxylic acids is 1. The van der Waals surface area contributed by atoms with Crippen LogP contribution in [0.25, 0.3) is 0 Å². The first-order valence-corrected chi connectivity index (χ1v) is 11.6. The molecule has 1 saturated carbocycles. The highest BCUT2D eigenvalue weighted by Gasteiger charge is 2.33. The molecule has 7 heteroatoms. The molecule has 2 fully saturated rings. The zero-order valence-corrected chi connectivity index (χ0v) is 17.0. The van der Waals surface area contributed by atoms with Gasteiger partial charge in [0.2, 0.25) is 0 Å². The summed E-state index contributed by atoms with van der Waals surface area (Å²) in [6.45, 7) is 1.55. The van der Waals surface area contributed by atoms with E-state index in [1.54, 1.807) is 6.07 Å². The number of sulfonamides is 1. The number of amides is 1. The van der Waals surface area contributed by atoms with Gasteiger partial charge in [0.25, 0.3) is 15.9 Å². The number of halogens is 1. The molecule has 2 aromatic carbocycles. The molecule has 5 nitrogen and oxygen atoms in total. The number of anilines is 1. The standard InChI is InChI=1S/C22H25FN2O3S/c23-20-7-3-4-8-21(20)24-29(27,28)19-11-9-17(10-12-19)22(26)25-14-13-16-5-1-2-6-18(16)15-25/h3-4,7-12,16,18,24H,1-2,5-6,13-15H2/t16-,18+/m1/s1. The first-order valence-electron chi connectivity index (χ1n) is 10.1. The Bertz CT molecular complexity index is 991. The molecule has 1 aliphatic heterocycles. The topological polar surface area (TPSA) is 66.5 Å². The maximum Gasteiger partial charge on any atom is 0.261 e. The Morgan fingerprint density at radius 3 is 2.38 bits per heavy atom. The van der Waals surface area contributed by atoms with Gasteiger partial charge in [-0.3, -0.25) is 9.52 Å². The third kappa shape index (κ3) is 4.29. The van der Waals surface area contributed by atoms with Gasteiger partial charge in [-0.1, -0.05) is 31.4 Å². The second-order valence-corrected chi connectivity index (χ2v) is 9.64. The van der Waals surface area contributed by atoms with Crippen LogP contribution in [0.1, 0.15) is 42.5 Å². The van der Waals surface area contributed by atoms with Gasteiger partial charge in [0.05, 0.1) is 10.6 Å². The molecule has 2 aromatic rings. The lowest BCUT2D eigenvalue weighted by Crippen LogP contribution is -2.44. The molecule has 1 amide bonds. The molecule has 4 rings (SSSR count). The number of fused-ring (bicyclic) bond motifs is 1. The maximum atomic E-state index is 13.8. The summed E-state index contributed by atoms with van der Waals surface area (Å²) in [6.07, 6.45) is 6.05. The van der Waals surface area contributed by atoms with Crippen LogP contribution in [0.3, 0.4) is 0 Å². The number of piperidine rings is 1. The van der Waals surface area contributed by atoms with Crippen molar-refractivity contribution < 1.29 is 17.6 Å². The molecule has 154 valence electrons. The number of rotatable bonds is 4. The number of nitrogens with zero attached hydrogens (tertiary/aromatic N) is 1. The minimum absolute atomic E-state index is 0.0108. The summed E-state index contributed by atoms with van der Waals surface area (Å²) < 4.78 is 41.0. The van der Waals surface area contributed by atoms with E-state index in [-0.39, 0.29) is 16.5 Å². The molecule has 29 heavy (non-hydrogen) atoms. The van der Waals surface area contributed by atoms with Gasteiger partial charge >= 0.3 is 0 Å². The molecule has 0 bridgehead atoms. The van der Waals surface area contributed by atoms with E-state index < -0.39 is 15.8 Å². The van der Waals surface area contributed by atoms with E-state index in [9.17, 15) is 17.6 Å². The summed E-state index contributed by atoms with van der Waals surface area (Å²) in [6, 6.07) is 11.4. The summed E-state index contributed by atoms with van der Waals surface area (Å²) in [7, 11) is -3.93. The molecule has 1 aliphatic carbocycles. The fourth-order valence-electron chi connectivity index (χ4n) is 4.49. The van der Waals surface area contributed by atoms with Crippen LogP contribution < -0.4 is 4.72 Å². The minimum Gasteiger partial charge on any atom is -0.338 e.